The third-order valence-electron chi connectivity index (χ3n) is 2.29. The van der Waals surface area contributed by atoms with Crippen LogP contribution in [-0.2, 0) is 4.65 Å². The molecule has 13 heavy (non-hydrogen) atoms. The van der Waals surface area contributed by atoms with E-state index in [0.717, 1.165) is 5.56 Å². The second-order valence-corrected chi connectivity index (χ2v) is 3.50. The first-order chi connectivity index (χ1) is 6.11. The van der Waals surface area contributed by atoms with Gasteiger partial charge in [0.15, 0.2) is 0 Å². The highest BCUT2D eigenvalue weighted by Crippen LogP contribution is 2.28. The van der Waals surface area contributed by atoms with Crippen LogP contribution in [0.1, 0.15) is 18.6 Å². The Labute approximate surface area is 81.6 Å². The number of nitrogens with two attached hydrogens (primary N) is 1. The van der Waals surface area contributed by atoms with Gasteiger partial charge in [-0.05, 0) is 18.6 Å². The molecule has 0 saturated carbocycles. The number of rotatable bonds is 0. The number of halogens is 1. The Balaban J connectivity index is 2.64. The van der Waals surface area contributed by atoms with E-state index in [1.54, 1.807) is 6.07 Å². The summed E-state index contributed by atoms with van der Waals surface area (Å²) in [5.41, 5.74) is 7.65. The smallest absolute Gasteiger partial charge is 0.423 e. The Kier molecular flexibility index (Phi) is 1.98. The summed E-state index contributed by atoms with van der Waals surface area (Å²) in [7, 11) is -0.941. The lowest BCUT2D eigenvalue weighted by molar-refractivity contribution is 0.209. The normalized spacial score (nSPS) is 20.5. The van der Waals surface area contributed by atoms with Crippen molar-refractivity contribution in [3.8, 4) is 0 Å². The molecule has 1 aliphatic rings. The van der Waals surface area contributed by atoms with Crippen LogP contribution >= 0.6 is 11.6 Å². The van der Waals surface area contributed by atoms with Gasteiger partial charge in [-0.1, -0.05) is 17.7 Å². The minimum Gasteiger partial charge on any atom is -0.423 e. The quantitative estimate of drug-likeness (QED) is 0.475. The van der Waals surface area contributed by atoms with Crippen LogP contribution in [0.15, 0.2) is 12.1 Å². The molecule has 0 saturated heterocycles. The van der Waals surface area contributed by atoms with Crippen molar-refractivity contribution in [3.63, 3.8) is 0 Å². The van der Waals surface area contributed by atoms with Crippen molar-refractivity contribution in [1.82, 2.24) is 0 Å². The summed E-state index contributed by atoms with van der Waals surface area (Å²) in [4.78, 5) is 0. The van der Waals surface area contributed by atoms with Crippen molar-refractivity contribution in [2.24, 2.45) is 0 Å². The number of anilines is 1. The van der Waals surface area contributed by atoms with Gasteiger partial charge in [0.2, 0.25) is 0 Å². The second-order valence-electron chi connectivity index (χ2n) is 3.09. The lowest BCUT2D eigenvalue weighted by Crippen LogP contribution is -2.30. The summed E-state index contributed by atoms with van der Waals surface area (Å²) < 4.78 is 5.18. The zero-order valence-electron chi connectivity index (χ0n) is 7.12. The fourth-order valence-corrected chi connectivity index (χ4v) is 1.76. The predicted octanol–water partition coefficient (Wildman–Crippen LogP) is 0.701. The molecule has 3 nitrogen and oxygen atoms in total. The molecule has 1 aromatic carbocycles. The average Bonchev–Trinajstić information content (AvgIpc) is 2.35. The molecule has 1 heterocycles. The highest BCUT2D eigenvalue weighted by atomic mass is 35.5. The minimum atomic E-state index is -0.941. The van der Waals surface area contributed by atoms with Gasteiger partial charge in [0.1, 0.15) is 0 Å². The van der Waals surface area contributed by atoms with Crippen LogP contribution in [0, 0.1) is 0 Å². The maximum absolute atomic E-state index is 9.50. The molecule has 1 aromatic rings. The van der Waals surface area contributed by atoms with Crippen LogP contribution in [0.4, 0.5) is 5.69 Å². The summed E-state index contributed by atoms with van der Waals surface area (Å²) in [6.45, 7) is 1.86. The molecule has 0 radical (unpaired) electrons. The zero-order valence-corrected chi connectivity index (χ0v) is 7.88. The van der Waals surface area contributed by atoms with Gasteiger partial charge >= 0.3 is 7.12 Å². The van der Waals surface area contributed by atoms with Crippen molar-refractivity contribution in [3.05, 3.63) is 22.7 Å². The van der Waals surface area contributed by atoms with Crippen molar-refractivity contribution in [2.75, 3.05) is 5.73 Å². The first-order valence-electron chi connectivity index (χ1n) is 4.02. The van der Waals surface area contributed by atoms with Crippen molar-refractivity contribution in [2.45, 2.75) is 13.0 Å². The summed E-state index contributed by atoms with van der Waals surface area (Å²) in [6, 6.07) is 3.54. The minimum absolute atomic E-state index is 0.121. The van der Waals surface area contributed by atoms with Crippen molar-refractivity contribution < 1.29 is 9.68 Å². The van der Waals surface area contributed by atoms with Gasteiger partial charge in [0.05, 0.1) is 16.8 Å². The molecular formula is C8H9BClNO2. The predicted molar refractivity (Wildman–Crippen MR) is 53.0 cm³/mol. The SMILES string of the molecule is CC1OB(O)c2c1ccc(Cl)c2N. The number of fused-ring (bicyclic) bond motifs is 1. The van der Waals surface area contributed by atoms with Gasteiger partial charge in [-0.3, -0.25) is 0 Å². The lowest BCUT2D eigenvalue weighted by atomic mass is 9.78. The Morgan fingerprint density at radius 3 is 3.00 bits per heavy atom. The van der Waals surface area contributed by atoms with E-state index in [0.29, 0.717) is 16.2 Å². The van der Waals surface area contributed by atoms with Crippen LogP contribution in [-0.4, -0.2) is 12.1 Å². The second kappa shape index (κ2) is 2.91. The van der Waals surface area contributed by atoms with E-state index in [-0.39, 0.29) is 6.10 Å². The fraction of sp³-hybridized carbons (Fsp3) is 0.250. The van der Waals surface area contributed by atoms with Gasteiger partial charge in [-0.25, -0.2) is 0 Å². The molecule has 0 fully saturated rings. The molecule has 68 valence electrons. The molecular weight excluding hydrogens is 188 g/mol. The average molecular weight is 197 g/mol. The van der Waals surface area contributed by atoms with Gasteiger partial charge in [-0.15, -0.1) is 0 Å². The summed E-state index contributed by atoms with van der Waals surface area (Å²) in [5, 5.41) is 9.95. The molecule has 3 N–H and O–H groups in total. The Hall–Kier alpha value is -0.705. The van der Waals surface area contributed by atoms with E-state index in [1.165, 1.54) is 0 Å². The fourth-order valence-electron chi connectivity index (χ4n) is 1.59. The maximum Gasteiger partial charge on any atom is 0.494 e. The number of hydrogen-bond donors (Lipinski definition) is 2. The number of nitrogen functional groups attached to an aromatic ring is 1. The van der Waals surface area contributed by atoms with Crippen LogP contribution in [0.5, 0.6) is 0 Å². The molecule has 1 atom stereocenters. The molecule has 5 heteroatoms. The Morgan fingerprint density at radius 1 is 1.62 bits per heavy atom. The molecule has 1 unspecified atom stereocenters. The highest BCUT2D eigenvalue weighted by Gasteiger charge is 2.35. The third kappa shape index (κ3) is 1.22. The maximum atomic E-state index is 9.50. The monoisotopic (exact) mass is 197 g/mol. The third-order valence-corrected chi connectivity index (χ3v) is 2.62. The van der Waals surface area contributed by atoms with E-state index in [4.69, 9.17) is 22.0 Å². The molecule has 0 amide bonds. The van der Waals surface area contributed by atoms with Crippen LogP contribution < -0.4 is 11.2 Å². The van der Waals surface area contributed by atoms with E-state index >= 15 is 0 Å². The van der Waals surface area contributed by atoms with Gasteiger partial charge < -0.3 is 15.4 Å². The molecule has 0 spiro atoms. The topological polar surface area (TPSA) is 55.5 Å². The van der Waals surface area contributed by atoms with Crippen LogP contribution in [0.25, 0.3) is 0 Å². The Bertz CT molecular complexity index is 358. The molecule has 2 rings (SSSR count). The van der Waals surface area contributed by atoms with Crippen molar-refractivity contribution in [1.29, 1.82) is 0 Å². The van der Waals surface area contributed by atoms with E-state index < -0.39 is 7.12 Å². The largest absolute Gasteiger partial charge is 0.494 e. The summed E-state index contributed by atoms with van der Waals surface area (Å²) >= 11 is 5.81. The number of benzene rings is 1. The summed E-state index contributed by atoms with van der Waals surface area (Å²) in [6.07, 6.45) is -0.121. The Morgan fingerprint density at radius 2 is 2.31 bits per heavy atom. The number of hydrogen-bond acceptors (Lipinski definition) is 3. The summed E-state index contributed by atoms with van der Waals surface area (Å²) in [5.74, 6) is 0. The van der Waals surface area contributed by atoms with E-state index in [2.05, 4.69) is 0 Å². The lowest BCUT2D eigenvalue weighted by Gasteiger charge is -2.05. The standard InChI is InChI=1S/C8H9BClNO2/c1-4-5-2-3-6(10)8(11)7(5)9(12)13-4/h2-4,12H,11H2,1H3. The van der Waals surface area contributed by atoms with Gasteiger partial charge in [0.25, 0.3) is 0 Å². The molecule has 0 bridgehead atoms. The zero-order chi connectivity index (χ0) is 9.59. The van der Waals surface area contributed by atoms with Crippen molar-refractivity contribution >= 4 is 29.9 Å². The van der Waals surface area contributed by atoms with E-state index in [1.807, 2.05) is 13.0 Å². The van der Waals surface area contributed by atoms with E-state index in [9.17, 15) is 5.02 Å². The van der Waals surface area contributed by atoms with Crippen LogP contribution in [0.3, 0.4) is 0 Å². The molecule has 0 aliphatic carbocycles. The molecule has 1 aliphatic heterocycles. The first kappa shape index (κ1) is 8.87. The van der Waals surface area contributed by atoms with Gasteiger partial charge in [0, 0.05) is 5.46 Å². The van der Waals surface area contributed by atoms with Crippen LogP contribution in [0.2, 0.25) is 5.02 Å². The molecule has 0 aromatic heterocycles. The van der Waals surface area contributed by atoms with Gasteiger partial charge in [-0.2, -0.15) is 0 Å². The first-order valence-corrected chi connectivity index (χ1v) is 4.40. The highest BCUT2D eigenvalue weighted by molar-refractivity contribution is 6.64.